The Morgan fingerprint density at radius 1 is 1.00 bits per heavy atom. The lowest BCUT2D eigenvalue weighted by Gasteiger charge is -2.36. The molecule has 1 N–H and O–H groups in total. The summed E-state index contributed by atoms with van der Waals surface area (Å²) in [5.41, 5.74) is 3.13. The highest BCUT2D eigenvalue weighted by molar-refractivity contribution is 5.83. The third kappa shape index (κ3) is 5.03. The van der Waals surface area contributed by atoms with Gasteiger partial charge in [0.1, 0.15) is 0 Å². The standard InChI is InChI=1S/C24H30N2O3/c27-23(26-17-20-2-1-13-29-18-20)24(9-14-28-15-10-24)16-19-3-5-21(6-4-19)22-7-11-25-12-8-22/h3-8,11-12,20H,1-2,9-10,13-18H2,(H,26,27)/t20-/m1/s1. The predicted molar refractivity (Wildman–Crippen MR) is 112 cm³/mol. The highest BCUT2D eigenvalue weighted by Crippen LogP contribution is 2.35. The van der Waals surface area contributed by atoms with E-state index < -0.39 is 0 Å². The molecule has 0 bridgehead atoms. The highest BCUT2D eigenvalue weighted by Gasteiger charge is 2.40. The van der Waals surface area contributed by atoms with E-state index in [-0.39, 0.29) is 11.3 Å². The number of pyridine rings is 1. The Labute approximate surface area is 172 Å². The molecule has 2 aliphatic rings. The van der Waals surface area contributed by atoms with Crippen molar-refractivity contribution in [2.24, 2.45) is 11.3 Å². The van der Waals surface area contributed by atoms with Crippen LogP contribution >= 0.6 is 0 Å². The monoisotopic (exact) mass is 394 g/mol. The van der Waals surface area contributed by atoms with E-state index >= 15 is 0 Å². The van der Waals surface area contributed by atoms with Crippen LogP contribution in [0.15, 0.2) is 48.8 Å². The second-order valence-corrected chi connectivity index (χ2v) is 8.30. The fourth-order valence-electron chi connectivity index (χ4n) is 4.39. The summed E-state index contributed by atoms with van der Waals surface area (Å²) >= 11 is 0. The molecule has 29 heavy (non-hydrogen) atoms. The van der Waals surface area contributed by atoms with Crippen LogP contribution in [-0.4, -0.2) is 43.9 Å². The number of benzene rings is 1. The van der Waals surface area contributed by atoms with Gasteiger partial charge in [0.25, 0.3) is 0 Å². The Kier molecular flexibility index (Phi) is 6.57. The van der Waals surface area contributed by atoms with E-state index in [2.05, 4.69) is 34.6 Å². The molecule has 2 aliphatic heterocycles. The van der Waals surface area contributed by atoms with Gasteiger partial charge in [0.05, 0.1) is 12.0 Å². The van der Waals surface area contributed by atoms with Gasteiger partial charge in [-0.25, -0.2) is 0 Å². The van der Waals surface area contributed by atoms with Crippen LogP contribution in [0, 0.1) is 11.3 Å². The molecule has 2 fully saturated rings. The van der Waals surface area contributed by atoms with E-state index in [4.69, 9.17) is 9.47 Å². The van der Waals surface area contributed by atoms with Gasteiger partial charge in [-0.3, -0.25) is 9.78 Å². The summed E-state index contributed by atoms with van der Waals surface area (Å²) in [6.45, 7) is 3.61. The summed E-state index contributed by atoms with van der Waals surface area (Å²) in [6, 6.07) is 12.6. The van der Waals surface area contributed by atoms with Crippen molar-refractivity contribution in [1.82, 2.24) is 10.3 Å². The van der Waals surface area contributed by atoms with Gasteiger partial charge < -0.3 is 14.8 Å². The molecule has 2 saturated heterocycles. The minimum atomic E-state index is -0.383. The molecular formula is C24H30N2O3. The fraction of sp³-hybridized carbons (Fsp3) is 0.500. The summed E-state index contributed by atoms with van der Waals surface area (Å²) in [7, 11) is 0. The fourth-order valence-corrected chi connectivity index (χ4v) is 4.39. The number of amides is 1. The molecule has 1 atom stereocenters. The van der Waals surface area contributed by atoms with Gasteiger partial charge in [-0.2, -0.15) is 0 Å². The minimum Gasteiger partial charge on any atom is -0.381 e. The first-order valence-corrected chi connectivity index (χ1v) is 10.7. The lowest BCUT2D eigenvalue weighted by Crippen LogP contribution is -2.47. The number of hydrogen-bond acceptors (Lipinski definition) is 4. The first kappa shape index (κ1) is 20.0. The van der Waals surface area contributed by atoms with Crippen LogP contribution < -0.4 is 5.32 Å². The van der Waals surface area contributed by atoms with E-state index in [9.17, 15) is 4.79 Å². The SMILES string of the molecule is O=C(NC[C@H]1CCCOC1)C1(Cc2ccc(-c3ccncc3)cc2)CCOCC1. The average Bonchev–Trinajstić information content (AvgIpc) is 2.80. The first-order valence-electron chi connectivity index (χ1n) is 10.7. The molecule has 0 radical (unpaired) electrons. The third-order valence-corrected chi connectivity index (χ3v) is 6.25. The molecule has 3 heterocycles. The smallest absolute Gasteiger partial charge is 0.226 e. The molecule has 2 aromatic rings. The number of carbonyl (C=O) groups is 1. The molecule has 0 saturated carbocycles. The van der Waals surface area contributed by atoms with Crippen molar-refractivity contribution in [3.8, 4) is 11.1 Å². The average molecular weight is 395 g/mol. The number of rotatable bonds is 6. The number of carbonyl (C=O) groups excluding carboxylic acids is 1. The van der Waals surface area contributed by atoms with Crippen LogP contribution in [0.4, 0.5) is 0 Å². The van der Waals surface area contributed by atoms with Crippen molar-refractivity contribution in [2.75, 3.05) is 33.0 Å². The zero-order valence-electron chi connectivity index (χ0n) is 16.9. The molecule has 1 amide bonds. The van der Waals surface area contributed by atoms with Crippen molar-refractivity contribution in [3.05, 3.63) is 54.4 Å². The van der Waals surface area contributed by atoms with Crippen LogP contribution in [0.3, 0.4) is 0 Å². The molecule has 154 valence electrons. The Hall–Kier alpha value is -2.24. The van der Waals surface area contributed by atoms with Gasteiger partial charge in [-0.1, -0.05) is 24.3 Å². The Morgan fingerprint density at radius 2 is 1.72 bits per heavy atom. The number of hydrogen-bond donors (Lipinski definition) is 1. The molecule has 1 aromatic heterocycles. The maximum absolute atomic E-state index is 13.2. The first-order chi connectivity index (χ1) is 14.3. The molecular weight excluding hydrogens is 364 g/mol. The van der Waals surface area contributed by atoms with E-state index in [1.54, 1.807) is 0 Å². The zero-order valence-corrected chi connectivity index (χ0v) is 16.9. The normalized spacial score (nSPS) is 21.4. The largest absolute Gasteiger partial charge is 0.381 e. The van der Waals surface area contributed by atoms with Crippen molar-refractivity contribution in [1.29, 1.82) is 0 Å². The zero-order chi connectivity index (χ0) is 19.9. The maximum atomic E-state index is 13.2. The summed E-state index contributed by atoms with van der Waals surface area (Å²) < 4.78 is 11.1. The van der Waals surface area contributed by atoms with E-state index in [1.807, 2.05) is 24.5 Å². The van der Waals surface area contributed by atoms with Gasteiger partial charge in [0, 0.05) is 38.8 Å². The van der Waals surface area contributed by atoms with Crippen LogP contribution in [-0.2, 0) is 20.7 Å². The molecule has 5 nitrogen and oxygen atoms in total. The van der Waals surface area contributed by atoms with Gasteiger partial charge in [-0.05, 0) is 66.8 Å². The second-order valence-electron chi connectivity index (χ2n) is 8.30. The summed E-state index contributed by atoms with van der Waals surface area (Å²) in [6.07, 6.45) is 8.12. The highest BCUT2D eigenvalue weighted by atomic mass is 16.5. The van der Waals surface area contributed by atoms with Crippen molar-refractivity contribution in [2.45, 2.75) is 32.1 Å². The Balaban J connectivity index is 1.44. The van der Waals surface area contributed by atoms with Crippen LogP contribution in [0.25, 0.3) is 11.1 Å². The van der Waals surface area contributed by atoms with Crippen molar-refractivity contribution >= 4 is 5.91 Å². The van der Waals surface area contributed by atoms with Crippen LogP contribution in [0.2, 0.25) is 0 Å². The van der Waals surface area contributed by atoms with E-state index in [0.29, 0.717) is 25.7 Å². The van der Waals surface area contributed by atoms with E-state index in [0.717, 1.165) is 50.9 Å². The molecule has 5 heteroatoms. The van der Waals surface area contributed by atoms with Gasteiger partial charge >= 0.3 is 0 Å². The molecule has 1 aromatic carbocycles. The number of ether oxygens (including phenoxy) is 2. The van der Waals surface area contributed by atoms with E-state index in [1.165, 1.54) is 11.1 Å². The minimum absolute atomic E-state index is 0.171. The van der Waals surface area contributed by atoms with Gasteiger partial charge in [0.15, 0.2) is 0 Å². The molecule has 0 unspecified atom stereocenters. The topological polar surface area (TPSA) is 60.5 Å². The van der Waals surface area contributed by atoms with Crippen molar-refractivity contribution in [3.63, 3.8) is 0 Å². The lowest BCUT2D eigenvalue weighted by molar-refractivity contribution is -0.137. The summed E-state index contributed by atoms with van der Waals surface area (Å²) in [4.78, 5) is 17.3. The number of aromatic nitrogens is 1. The van der Waals surface area contributed by atoms with Gasteiger partial charge in [-0.15, -0.1) is 0 Å². The Bertz CT molecular complexity index is 780. The summed E-state index contributed by atoms with van der Waals surface area (Å²) in [5, 5.41) is 3.24. The number of nitrogens with one attached hydrogen (secondary N) is 1. The maximum Gasteiger partial charge on any atom is 0.226 e. The third-order valence-electron chi connectivity index (χ3n) is 6.25. The predicted octanol–water partition coefficient (Wildman–Crippen LogP) is 3.63. The quantitative estimate of drug-likeness (QED) is 0.813. The van der Waals surface area contributed by atoms with Crippen molar-refractivity contribution < 1.29 is 14.3 Å². The van der Waals surface area contributed by atoms with Gasteiger partial charge in [0.2, 0.25) is 5.91 Å². The molecule has 0 aliphatic carbocycles. The molecule has 4 rings (SSSR count). The Morgan fingerprint density at radius 3 is 2.41 bits per heavy atom. The molecule has 0 spiro atoms. The number of nitrogens with zero attached hydrogens (tertiary/aromatic N) is 1. The van der Waals surface area contributed by atoms with Crippen LogP contribution in [0.1, 0.15) is 31.2 Å². The van der Waals surface area contributed by atoms with Crippen LogP contribution in [0.5, 0.6) is 0 Å². The second kappa shape index (κ2) is 9.51. The lowest BCUT2D eigenvalue weighted by atomic mass is 9.74. The summed E-state index contributed by atoms with van der Waals surface area (Å²) in [5.74, 6) is 0.605.